The second kappa shape index (κ2) is 7.79. The molecule has 0 heterocycles. The zero-order valence-electron chi connectivity index (χ0n) is 11.3. The Balaban J connectivity index is 4.77. The molecule has 0 aromatic heterocycles. The van der Waals surface area contributed by atoms with Gasteiger partial charge in [-0.1, -0.05) is 45.7 Å². The van der Waals surface area contributed by atoms with Crippen LogP contribution in [0.15, 0.2) is 5.18 Å². The van der Waals surface area contributed by atoms with Crippen molar-refractivity contribution >= 4 is 11.9 Å². The highest BCUT2D eigenvalue weighted by molar-refractivity contribution is 5.87. The van der Waals surface area contributed by atoms with Crippen LogP contribution < -0.4 is 5.32 Å². The van der Waals surface area contributed by atoms with E-state index in [-0.39, 0.29) is 11.8 Å². The van der Waals surface area contributed by atoms with Crippen molar-refractivity contribution in [1.29, 1.82) is 0 Å². The minimum Gasteiger partial charge on any atom is -0.480 e. The van der Waals surface area contributed by atoms with Crippen molar-refractivity contribution < 1.29 is 14.7 Å². The molecule has 0 bridgehead atoms. The quantitative estimate of drug-likeness (QED) is 0.649. The standard InChI is InChI=1S/C12H22N2O4/c1-5-7(3)9(14-18)11(15)13-10(12(16)17)8(4)6-2/h7-10H,5-6H2,1-4H3,(H,13,15)(H,16,17)/t7-,8-,9-,10-/m0/s1. The number of hydrogen-bond donors (Lipinski definition) is 2. The maximum atomic E-state index is 11.8. The highest BCUT2D eigenvalue weighted by atomic mass is 16.4. The zero-order chi connectivity index (χ0) is 14.3. The molecule has 6 nitrogen and oxygen atoms in total. The first kappa shape index (κ1) is 16.5. The van der Waals surface area contributed by atoms with E-state index in [1.165, 1.54) is 0 Å². The van der Waals surface area contributed by atoms with Gasteiger partial charge >= 0.3 is 5.97 Å². The fourth-order valence-corrected chi connectivity index (χ4v) is 1.56. The van der Waals surface area contributed by atoms with Crippen molar-refractivity contribution in [3.05, 3.63) is 4.91 Å². The number of carbonyl (C=O) groups is 2. The third-order valence-electron chi connectivity index (χ3n) is 3.34. The van der Waals surface area contributed by atoms with E-state index in [2.05, 4.69) is 10.5 Å². The molecule has 0 radical (unpaired) electrons. The van der Waals surface area contributed by atoms with Gasteiger partial charge in [0.25, 0.3) is 0 Å². The maximum Gasteiger partial charge on any atom is 0.326 e. The first-order chi connectivity index (χ1) is 8.38. The predicted octanol–water partition coefficient (Wildman–Crippen LogP) is 1.78. The fraction of sp³-hybridized carbons (Fsp3) is 0.833. The maximum absolute atomic E-state index is 11.8. The van der Waals surface area contributed by atoms with Crippen LogP contribution in [-0.4, -0.2) is 29.1 Å². The molecule has 0 aliphatic carbocycles. The molecular formula is C12H22N2O4. The summed E-state index contributed by atoms with van der Waals surface area (Å²) in [6, 6.07) is -2.00. The number of rotatable bonds is 8. The van der Waals surface area contributed by atoms with Crippen molar-refractivity contribution in [3.8, 4) is 0 Å². The van der Waals surface area contributed by atoms with Crippen molar-refractivity contribution in [2.24, 2.45) is 17.0 Å². The number of amides is 1. The van der Waals surface area contributed by atoms with Gasteiger partial charge in [-0.3, -0.25) is 4.79 Å². The number of nitrogens with zero attached hydrogens (tertiary/aromatic N) is 1. The lowest BCUT2D eigenvalue weighted by molar-refractivity contribution is -0.143. The molecule has 0 saturated carbocycles. The van der Waals surface area contributed by atoms with Gasteiger partial charge in [-0.05, 0) is 11.8 Å². The van der Waals surface area contributed by atoms with E-state index in [9.17, 15) is 14.5 Å². The predicted molar refractivity (Wildman–Crippen MR) is 68.1 cm³/mol. The molecule has 0 aromatic rings. The highest BCUT2D eigenvalue weighted by Gasteiger charge is 2.31. The van der Waals surface area contributed by atoms with E-state index in [1.807, 2.05) is 13.8 Å². The van der Waals surface area contributed by atoms with Crippen molar-refractivity contribution in [1.82, 2.24) is 5.32 Å². The van der Waals surface area contributed by atoms with Crippen LogP contribution in [0.1, 0.15) is 40.5 Å². The average Bonchev–Trinajstić information content (AvgIpc) is 2.35. The minimum absolute atomic E-state index is 0.198. The second-order valence-electron chi connectivity index (χ2n) is 4.65. The van der Waals surface area contributed by atoms with E-state index < -0.39 is 24.0 Å². The van der Waals surface area contributed by atoms with Crippen molar-refractivity contribution in [2.75, 3.05) is 0 Å². The average molecular weight is 258 g/mol. The number of nitroso groups, excluding NO2 is 1. The number of carboxylic acids is 1. The molecule has 0 aliphatic heterocycles. The molecule has 0 rings (SSSR count). The van der Waals surface area contributed by atoms with Crippen LogP contribution in [0.5, 0.6) is 0 Å². The third kappa shape index (κ3) is 4.43. The molecule has 18 heavy (non-hydrogen) atoms. The summed E-state index contributed by atoms with van der Waals surface area (Å²) in [7, 11) is 0. The summed E-state index contributed by atoms with van der Waals surface area (Å²) in [6.07, 6.45) is 1.25. The second-order valence-corrected chi connectivity index (χ2v) is 4.65. The van der Waals surface area contributed by atoms with Gasteiger partial charge in [-0.15, -0.1) is 4.91 Å². The molecule has 0 spiro atoms. The van der Waals surface area contributed by atoms with Crippen LogP contribution in [0.3, 0.4) is 0 Å². The largest absolute Gasteiger partial charge is 0.480 e. The van der Waals surface area contributed by atoms with Crippen LogP contribution in [0, 0.1) is 16.7 Å². The summed E-state index contributed by atoms with van der Waals surface area (Å²) < 4.78 is 0. The van der Waals surface area contributed by atoms with Crippen LogP contribution >= 0.6 is 0 Å². The fourth-order valence-electron chi connectivity index (χ4n) is 1.56. The lowest BCUT2D eigenvalue weighted by Crippen LogP contribution is -2.49. The number of aliphatic carboxylic acids is 1. The summed E-state index contributed by atoms with van der Waals surface area (Å²) in [5.74, 6) is -2.09. The Morgan fingerprint density at radius 2 is 1.67 bits per heavy atom. The van der Waals surface area contributed by atoms with E-state index in [1.54, 1.807) is 13.8 Å². The Morgan fingerprint density at radius 1 is 1.17 bits per heavy atom. The molecule has 6 heteroatoms. The molecular weight excluding hydrogens is 236 g/mol. The summed E-state index contributed by atoms with van der Waals surface area (Å²) in [4.78, 5) is 33.6. The van der Waals surface area contributed by atoms with E-state index >= 15 is 0 Å². The lowest BCUT2D eigenvalue weighted by atomic mass is 9.96. The summed E-state index contributed by atoms with van der Waals surface area (Å²) in [5.41, 5.74) is 0. The van der Waals surface area contributed by atoms with Crippen LogP contribution in [0.2, 0.25) is 0 Å². The SMILES string of the molecule is CC[C@H](C)[C@H](N=O)C(=O)N[C@H](C(=O)O)[C@@H](C)CC. The first-order valence-electron chi connectivity index (χ1n) is 6.24. The molecule has 0 aliphatic rings. The van der Waals surface area contributed by atoms with Crippen molar-refractivity contribution in [3.63, 3.8) is 0 Å². The Hall–Kier alpha value is -1.46. The van der Waals surface area contributed by atoms with E-state index in [4.69, 9.17) is 5.11 Å². The summed E-state index contributed by atoms with van der Waals surface area (Å²) in [6.45, 7) is 7.17. The number of carboxylic acid groups (broad SMARTS) is 1. The minimum atomic E-state index is -1.09. The van der Waals surface area contributed by atoms with E-state index in [0.29, 0.717) is 12.8 Å². The van der Waals surface area contributed by atoms with Gasteiger partial charge in [0, 0.05) is 0 Å². The lowest BCUT2D eigenvalue weighted by Gasteiger charge is -2.23. The molecule has 0 saturated heterocycles. The molecule has 0 aromatic carbocycles. The molecule has 2 N–H and O–H groups in total. The van der Waals surface area contributed by atoms with Gasteiger partial charge in [0.05, 0.1) is 0 Å². The topological polar surface area (TPSA) is 95.8 Å². The van der Waals surface area contributed by atoms with Gasteiger partial charge in [0.15, 0.2) is 6.04 Å². The van der Waals surface area contributed by atoms with Crippen molar-refractivity contribution in [2.45, 2.75) is 52.6 Å². The van der Waals surface area contributed by atoms with Gasteiger partial charge in [0.2, 0.25) is 5.91 Å². The highest BCUT2D eigenvalue weighted by Crippen LogP contribution is 2.14. The number of nitrogens with one attached hydrogen (secondary N) is 1. The Kier molecular flexibility index (Phi) is 7.16. The van der Waals surface area contributed by atoms with E-state index in [0.717, 1.165) is 0 Å². The Morgan fingerprint density at radius 3 is 2.00 bits per heavy atom. The van der Waals surface area contributed by atoms with Crippen LogP contribution in [-0.2, 0) is 9.59 Å². The monoisotopic (exact) mass is 258 g/mol. The smallest absolute Gasteiger partial charge is 0.326 e. The summed E-state index contributed by atoms with van der Waals surface area (Å²) >= 11 is 0. The third-order valence-corrected chi connectivity index (χ3v) is 3.34. The summed E-state index contributed by atoms with van der Waals surface area (Å²) in [5, 5.41) is 14.3. The molecule has 0 fully saturated rings. The number of carbonyl (C=O) groups excluding carboxylic acids is 1. The van der Waals surface area contributed by atoms with Gasteiger partial charge in [0.1, 0.15) is 6.04 Å². The van der Waals surface area contributed by atoms with Crippen LogP contribution in [0.25, 0.3) is 0 Å². The zero-order valence-corrected chi connectivity index (χ0v) is 11.3. The Labute approximate surface area is 107 Å². The molecule has 1 amide bonds. The molecule has 104 valence electrons. The molecule has 0 unspecified atom stereocenters. The Bertz CT molecular complexity index is 306. The van der Waals surface area contributed by atoms with Gasteiger partial charge in [-0.25, -0.2) is 4.79 Å². The van der Waals surface area contributed by atoms with Gasteiger partial charge < -0.3 is 10.4 Å². The number of hydrogen-bond acceptors (Lipinski definition) is 4. The van der Waals surface area contributed by atoms with Gasteiger partial charge in [-0.2, -0.15) is 0 Å². The van der Waals surface area contributed by atoms with Crippen LogP contribution in [0.4, 0.5) is 0 Å². The normalized spacial score (nSPS) is 17.3. The first-order valence-corrected chi connectivity index (χ1v) is 6.24. The molecule has 4 atom stereocenters.